The normalized spacial score (nSPS) is 14.1. The van der Waals surface area contributed by atoms with Crippen molar-refractivity contribution in [2.24, 2.45) is 0 Å². The van der Waals surface area contributed by atoms with Crippen molar-refractivity contribution < 1.29 is 4.74 Å². The molecule has 0 radical (unpaired) electrons. The van der Waals surface area contributed by atoms with Gasteiger partial charge in [0.15, 0.2) is 0 Å². The predicted molar refractivity (Wildman–Crippen MR) is 79.4 cm³/mol. The van der Waals surface area contributed by atoms with E-state index in [0.717, 1.165) is 41.5 Å². The number of aromatic nitrogens is 2. The fourth-order valence-corrected chi connectivity index (χ4v) is 2.18. The van der Waals surface area contributed by atoms with Gasteiger partial charge in [0.1, 0.15) is 23.2 Å². The molecule has 1 aliphatic rings. The summed E-state index contributed by atoms with van der Waals surface area (Å²) < 4.78 is 5.25. The van der Waals surface area contributed by atoms with E-state index >= 15 is 0 Å². The summed E-state index contributed by atoms with van der Waals surface area (Å²) in [7, 11) is 1.67. The van der Waals surface area contributed by atoms with Gasteiger partial charge in [-0.25, -0.2) is 9.97 Å². The Morgan fingerprint density at radius 1 is 1.25 bits per heavy atom. The zero-order chi connectivity index (χ0) is 14.1. The van der Waals surface area contributed by atoms with E-state index in [1.165, 1.54) is 0 Å². The number of aryl methyl sites for hydroxylation is 1. The van der Waals surface area contributed by atoms with Crippen molar-refractivity contribution >= 4 is 17.3 Å². The molecule has 0 spiro atoms. The van der Waals surface area contributed by atoms with Crippen LogP contribution >= 0.6 is 0 Å². The van der Waals surface area contributed by atoms with Crippen molar-refractivity contribution in [3.8, 4) is 5.75 Å². The van der Waals surface area contributed by atoms with Crippen LogP contribution in [-0.2, 0) is 0 Å². The first-order valence-electron chi connectivity index (χ1n) is 6.72. The Morgan fingerprint density at radius 3 is 2.70 bits per heavy atom. The highest BCUT2D eigenvalue weighted by atomic mass is 16.5. The van der Waals surface area contributed by atoms with Gasteiger partial charge in [0.05, 0.1) is 7.11 Å². The molecule has 0 aliphatic heterocycles. The van der Waals surface area contributed by atoms with Gasteiger partial charge in [-0.1, -0.05) is 0 Å². The molecule has 5 nitrogen and oxygen atoms in total. The van der Waals surface area contributed by atoms with Gasteiger partial charge in [-0.2, -0.15) is 0 Å². The zero-order valence-electron chi connectivity index (χ0n) is 11.7. The van der Waals surface area contributed by atoms with E-state index in [9.17, 15) is 0 Å². The van der Waals surface area contributed by atoms with Gasteiger partial charge >= 0.3 is 0 Å². The molecule has 0 atom stereocenters. The number of hydrogen-bond acceptors (Lipinski definition) is 5. The summed E-state index contributed by atoms with van der Waals surface area (Å²) in [5, 5.41) is 3.27. The van der Waals surface area contributed by atoms with Crippen LogP contribution in [-0.4, -0.2) is 17.1 Å². The molecule has 1 fully saturated rings. The van der Waals surface area contributed by atoms with Crippen LogP contribution in [0.3, 0.4) is 0 Å². The molecule has 0 amide bonds. The molecule has 1 aromatic carbocycles. The highest BCUT2D eigenvalue weighted by Gasteiger charge is 2.27. The molecule has 5 heteroatoms. The lowest BCUT2D eigenvalue weighted by atomic mass is 10.2. The number of hydrogen-bond donors (Lipinski definition) is 2. The van der Waals surface area contributed by atoms with E-state index in [2.05, 4.69) is 15.3 Å². The van der Waals surface area contributed by atoms with E-state index in [0.29, 0.717) is 11.7 Å². The monoisotopic (exact) mass is 270 g/mol. The molecule has 20 heavy (non-hydrogen) atoms. The molecule has 1 aliphatic carbocycles. The van der Waals surface area contributed by atoms with Crippen molar-refractivity contribution in [3.63, 3.8) is 0 Å². The molecule has 104 valence electrons. The van der Waals surface area contributed by atoms with Crippen molar-refractivity contribution in [1.82, 2.24) is 9.97 Å². The second-order valence-electron chi connectivity index (χ2n) is 5.12. The van der Waals surface area contributed by atoms with Gasteiger partial charge in [-0.15, -0.1) is 0 Å². The maximum Gasteiger partial charge on any atom is 0.136 e. The Morgan fingerprint density at radius 2 is 2.05 bits per heavy atom. The molecular formula is C15H18N4O. The van der Waals surface area contributed by atoms with Gasteiger partial charge in [0.2, 0.25) is 0 Å². The molecule has 2 aromatic rings. The summed E-state index contributed by atoms with van der Waals surface area (Å²) in [4.78, 5) is 8.82. The maximum absolute atomic E-state index is 5.84. The van der Waals surface area contributed by atoms with Gasteiger partial charge in [0.25, 0.3) is 0 Å². The molecular weight excluding hydrogens is 252 g/mol. The maximum atomic E-state index is 5.84. The third-order valence-electron chi connectivity index (χ3n) is 3.37. The lowest BCUT2D eigenvalue weighted by Crippen LogP contribution is -2.03. The summed E-state index contributed by atoms with van der Waals surface area (Å²) in [5.41, 5.74) is 7.88. The van der Waals surface area contributed by atoms with Crippen molar-refractivity contribution in [3.05, 3.63) is 35.7 Å². The van der Waals surface area contributed by atoms with Crippen LogP contribution in [0.5, 0.6) is 5.75 Å². The van der Waals surface area contributed by atoms with Crippen molar-refractivity contribution in [2.45, 2.75) is 25.7 Å². The molecule has 1 heterocycles. The average Bonchev–Trinajstić information content (AvgIpc) is 3.22. The lowest BCUT2D eigenvalue weighted by Gasteiger charge is -2.10. The number of rotatable bonds is 4. The van der Waals surface area contributed by atoms with Crippen LogP contribution < -0.4 is 15.8 Å². The highest BCUT2D eigenvalue weighted by molar-refractivity contribution is 5.61. The summed E-state index contributed by atoms with van der Waals surface area (Å²) >= 11 is 0. The molecule has 3 N–H and O–H groups in total. The number of ether oxygens (including phenoxy) is 1. The third kappa shape index (κ3) is 2.66. The van der Waals surface area contributed by atoms with E-state index < -0.39 is 0 Å². The highest BCUT2D eigenvalue weighted by Crippen LogP contribution is 2.38. The number of methoxy groups -OCH3 is 1. The topological polar surface area (TPSA) is 73.1 Å². The predicted octanol–water partition coefficient (Wildman–Crippen LogP) is 3.00. The van der Waals surface area contributed by atoms with Crippen molar-refractivity contribution in [1.29, 1.82) is 0 Å². The SMILES string of the molecule is COc1ccc(Nc2cc(N)nc(C3CC3)n2)cc1C. The van der Waals surface area contributed by atoms with Crippen LogP contribution in [0.15, 0.2) is 24.3 Å². The number of anilines is 3. The van der Waals surface area contributed by atoms with Gasteiger partial charge in [-0.05, 0) is 43.5 Å². The number of nitrogens with zero attached hydrogens (tertiary/aromatic N) is 2. The molecule has 0 unspecified atom stereocenters. The van der Waals surface area contributed by atoms with Crippen LogP contribution in [0.1, 0.15) is 30.1 Å². The minimum atomic E-state index is 0.483. The standard InChI is InChI=1S/C15H18N4O/c1-9-7-11(5-6-12(9)20-2)17-14-8-13(16)18-15(19-14)10-3-4-10/h5-8,10H,3-4H2,1-2H3,(H3,16,17,18,19). The summed E-state index contributed by atoms with van der Waals surface area (Å²) in [6.07, 6.45) is 2.31. The molecule has 0 bridgehead atoms. The van der Waals surface area contributed by atoms with E-state index in [1.54, 1.807) is 13.2 Å². The second kappa shape index (κ2) is 5.00. The molecule has 1 aromatic heterocycles. The molecule has 0 saturated heterocycles. The van der Waals surface area contributed by atoms with E-state index in [1.807, 2.05) is 25.1 Å². The Balaban J connectivity index is 1.85. The minimum Gasteiger partial charge on any atom is -0.496 e. The van der Waals surface area contributed by atoms with Crippen LogP contribution in [0.25, 0.3) is 0 Å². The number of nitrogens with one attached hydrogen (secondary N) is 1. The fourth-order valence-electron chi connectivity index (χ4n) is 2.18. The number of nitrogens with two attached hydrogens (primary N) is 1. The zero-order valence-corrected chi connectivity index (χ0v) is 11.7. The van der Waals surface area contributed by atoms with Crippen LogP contribution in [0.2, 0.25) is 0 Å². The first-order chi connectivity index (χ1) is 9.65. The Kier molecular flexibility index (Phi) is 3.18. The summed E-state index contributed by atoms with van der Waals surface area (Å²) in [5.74, 6) is 3.45. The quantitative estimate of drug-likeness (QED) is 0.893. The third-order valence-corrected chi connectivity index (χ3v) is 3.37. The lowest BCUT2D eigenvalue weighted by molar-refractivity contribution is 0.412. The van der Waals surface area contributed by atoms with E-state index in [4.69, 9.17) is 10.5 Å². The fraction of sp³-hybridized carbons (Fsp3) is 0.333. The Hall–Kier alpha value is -2.30. The number of benzene rings is 1. The van der Waals surface area contributed by atoms with Crippen LogP contribution in [0.4, 0.5) is 17.3 Å². The second-order valence-corrected chi connectivity index (χ2v) is 5.12. The van der Waals surface area contributed by atoms with Crippen molar-refractivity contribution in [2.75, 3.05) is 18.2 Å². The summed E-state index contributed by atoms with van der Waals surface area (Å²) in [6.45, 7) is 2.01. The first-order valence-corrected chi connectivity index (χ1v) is 6.72. The van der Waals surface area contributed by atoms with Gasteiger partial charge in [-0.3, -0.25) is 0 Å². The molecule has 1 saturated carbocycles. The summed E-state index contributed by atoms with van der Waals surface area (Å²) in [6, 6.07) is 7.67. The Bertz CT molecular complexity index is 638. The average molecular weight is 270 g/mol. The Labute approximate surface area is 118 Å². The largest absolute Gasteiger partial charge is 0.496 e. The smallest absolute Gasteiger partial charge is 0.136 e. The minimum absolute atomic E-state index is 0.483. The van der Waals surface area contributed by atoms with Gasteiger partial charge < -0.3 is 15.8 Å². The number of nitrogen functional groups attached to an aromatic ring is 1. The van der Waals surface area contributed by atoms with E-state index in [-0.39, 0.29) is 0 Å². The first kappa shape index (κ1) is 12.7. The molecule has 3 rings (SSSR count). The van der Waals surface area contributed by atoms with Gasteiger partial charge in [0, 0.05) is 17.7 Å². The van der Waals surface area contributed by atoms with Crippen LogP contribution in [0, 0.1) is 6.92 Å².